The summed E-state index contributed by atoms with van der Waals surface area (Å²) in [4.78, 5) is 29.4. The van der Waals surface area contributed by atoms with Crippen molar-refractivity contribution < 1.29 is 27.5 Å². The Morgan fingerprint density at radius 1 is 1.06 bits per heavy atom. The summed E-state index contributed by atoms with van der Waals surface area (Å²) in [6.45, 7) is 4.12. The number of carbonyl (C=O) groups excluding carboxylic acids is 2. The lowest BCUT2D eigenvalue weighted by Crippen LogP contribution is -2.41. The maximum Gasteiger partial charge on any atom is 0.416 e. The van der Waals surface area contributed by atoms with Crippen molar-refractivity contribution in [3.8, 4) is 0 Å². The molecule has 1 heterocycles. The van der Waals surface area contributed by atoms with E-state index in [1.165, 1.54) is 18.2 Å². The minimum Gasteiger partial charge on any atom is -0.379 e. The predicted molar refractivity (Wildman–Crippen MR) is 120 cm³/mol. The first kappa shape index (κ1) is 24.5. The summed E-state index contributed by atoms with van der Waals surface area (Å²) in [5.74, 6) is -1.00. The van der Waals surface area contributed by atoms with Gasteiger partial charge in [-0.1, -0.05) is 6.07 Å². The average molecular weight is 464 g/mol. The first-order valence-electron chi connectivity index (χ1n) is 10.5. The molecular weight excluding hydrogens is 437 g/mol. The van der Waals surface area contributed by atoms with Crippen molar-refractivity contribution >= 4 is 23.2 Å². The number of benzene rings is 2. The fraction of sp³-hybridized carbons (Fsp3) is 0.391. The van der Waals surface area contributed by atoms with Crippen LogP contribution in [0.5, 0.6) is 0 Å². The monoisotopic (exact) mass is 464 g/mol. The first-order chi connectivity index (χ1) is 15.6. The third kappa shape index (κ3) is 6.69. The number of nitrogens with one attached hydrogen (secondary N) is 2. The topological polar surface area (TPSA) is 73.9 Å². The number of halogens is 3. The van der Waals surface area contributed by atoms with Gasteiger partial charge in [-0.25, -0.2) is 0 Å². The molecule has 0 radical (unpaired) electrons. The van der Waals surface area contributed by atoms with E-state index < -0.39 is 17.6 Å². The number of morpholine rings is 1. The number of hydrogen-bond donors (Lipinski definition) is 2. The van der Waals surface area contributed by atoms with Crippen LogP contribution < -0.4 is 15.5 Å². The number of anilines is 2. The van der Waals surface area contributed by atoms with Crippen molar-refractivity contribution in [3.05, 3.63) is 59.2 Å². The Morgan fingerprint density at radius 3 is 2.45 bits per heavy atom. The van der Waals surface area contributed by atoms with Gasteiger partial charge in [0, 0.05) is 57.2 Å². The molecule has 1 fully saturated rings. The SMILES string of the molecule is CN(C)c1ccc(NC(=O)c2cccc(C(F)(F)F)c2)cc1C(=O)NCCN1CCOCC1. The molecule has 0 aromatic heterocycles. The highest BCUT2D eigenvalue weighted by molar-refractivity contribution is 6.06. The third-order valence-corrected chi connectivity index (χ3v) is 5.25. The van der Waals surface area contributed by atoms with Gasteiger partial charge in [-0.3, -0.25) is 14.5 Å². The standard InChI is InChI=1S/C23H27F3N4O3/c1-29(2)20-7-6-18(28-21(31)16-4-3-5-17(14-16)23(24,25)26)15-19(20)22(32)27-8-9-30-10-12-33-13-11-30/h3-7,14-15H,8-13H2,1-2H3,(H,27,32)(H,28,31). The lowest BCUT2D eigenvalue weighted by atomic mass is 10.1. The Kier molecular flexibility index (Phi) is 7.93. The van der Waals surface area contributed by atoms with Gasteiger partial charge in [0.25, 0.3) is 11.8 Å². The van der Waals surface area contributed by atoms with E-state index >= 15 is 0 Å². The maximum absolute atomic E-state index is 13.0. The van der Waals surface area contributed by atoms with Crippen LogP contribution in [0.2, 0.25) is 0 Å². The Hall–Kier alpha value is -3.11. The molecule has 178 valence electrons. The average Bonchev–Trinajstić information content (AvgIpc) is 2.79. The second-order valence-corrected chi connectivity index (χ2v) is 7.87. The van der Waals surface area contributed by atoms with Gasteiger partial charge in [-0.05, 0) is 36.4 Å². The van der Waals surface area contributed by atoms with E-state index in [0.29, 0.717) is 43.2 Å². The van der Waals surface area contributed by atoms with Crippen LogP contribution in [0.4, 0.5) is 24.5 Å². The van der Waals surface area contributed by atoms with E-state index in [-0.39, 0.29) is 11.5 Å². The summed E-state index contributed by atoms with van der Waals surface area (Å²) in [6.07, 6.45) is -4.55. The molecule has 2 N–H and O–H groups in total. The van der Waals surface area contributed by atoms with Gasteiger partial charge in [0.1, 0.15) is 0 Å². The van der Waals surface area contributed by atoms with Crippen LogP contribution in [-0.2, 0) is 10.9 Å². The molecule has 2 aromatic carbocycles. The lowest BCUT2D eigenvalue weighted by molar-refractivity contribution is -0.137. The van der Waals surface area contributed by atoms with Crippen molar-refractivity contribution in [1.82, 2.24) is 10.2 Å². The molecule has 0 unspecified atom stereocenters. The van der Waals surface area contributed by atoms with Crippen LogP contribution in [0, 0.1) is 0 Å². The number of amides is 2. The number of ether oxygens (including phenoxy) is 1. The number of nitrogens with zero attached hydrogens (tertiary/aromatic N) is 2. The van der Waals surface area contributed by atoms with E-state index in [4.69, 9.17) is 4.74 Å². The molecular formula is C23H27F3N4O3. The second kappa shape index (κ2) is 10.7. The smallest absolute Gasteiger partial charge is 0.379 e. The molecule has 3 rings (SSSR count). The highest BCUT2D eigenvalue weighted by atomic mass is 19.4. The Bertz CT molecular complexity index is 989. The molecule has 1 aliphatic heterocycles. The summed E-state index contributed by atoms with van der Waals surface area (Å²) in [6, 6.07) is 8.98. The minimum absolute atomic E-state index is 0.127. The van der Waals surface area contributed by atoms with Gasteiger partial charge in [-0.2, -0.15) is 13.2 Å². The Balaban J connectivity index is 1.71. The molecule has 2 aromatic rings. The van der Waals surface area contributed by atoms with Gasteiger partial charge in [0.2, 0.25) is 0 Å². The first-order valence-corrected chi connectivity index (χ1v) is 10.5. The van der Waals surface area contributed by atoms with E-state index in [2.05, 4.69) is 15.5 Å². The van der Waals surface area contributed by atoms with Crippen molar-refractivity contribution in [2.45, 2.75) is 6.18 Å². The van der Waals surface area contributed by atoms with E-state index in [1.54, 1.807) is 31.1 Å². The van der Waals surface area contributed by atoms with Crippen LogP contribution in [0.3, 0.4) is 0 Å². The van der Waals surface area contributed by atoms with Crippen LogP contribution in [0.1, 0.15) is 26.3 Å². The van der Waals surface area contributed by atoms with E-state index in [9.17, 15) is 22.8 Å². The summed E-state index contributed by atoms with van der Waals surface area (Å²) in [7, 11) is 3.58. The van der Waals surface area contributed by atoms with Crippen molar-refractivity contribution in [2.24, 2.45) is 0 Å². The number of rotatable bonds is 7. The number of hydrogen-bond acceptors (Lipinski definition) is 5. The molecule has 0 atom stereocenters. The number of carbonyl (C=O) groups is 2. The normalized spacial score (nSPS) is 14.6. The third-order valence-electron chi connectivity index (χ3n) is 5.25. The quantitative estimate of drug-likeness (QED) is 0.659. The van der Waals surface area contributed by atoms with Gasteiger partial charge in [0.05, 0.1) is 24.3 Å². The van der Waals surface area contributed by atoms with Crippen molar-refractivity contribution in [3.63, 3.8) is 0 Å². The molecule has 2 amide bonds. The minimum atomic E-state index is -4.55. The van der Waals surface area contributed by atoms with Crippen LogP contribution in [0.15, 0.2) is 42.5 Å². The highest BCUT2D eigenvalue weighted by Crippen LogP contribution is 2.30. The Morgan fingerprint density at radius 2 is 1.79 bits per heavy atom. The summed E-state index contributed by atoms with van der Waals surface area (Å²) >= 11 is 0. The highest BCUT2D eigenvalue weighted by Gasteiger charge is 2.31. The summed E-state index contributed by atoms with van der Waals surface area (Å²) in [5.41, 5.74) is 0.276. The maximum atomic E-state index is 13.0. The molecule has 1 aliphatic rings. The predicted octanol–water partition coefficient (Wildman–Crippen LogP) is 3.09. The van der Waals surface area contributed by atoms with Gasteiger partial charge in [-0.15, -0.1) is 0 Å². The molecule has 10 heteroatoms. The van der Waals surface area contributed by atoms with E-state index in [0.717, 1.165) is 25.2 Å². The molecule has 0 aliphatic carbocycles. The largest absolute Gasteiger partial charge is 0.416 e. The summed E-state index contributed by atoms with van der Waals surface area (Å²) in [5, 5.41) is 5.47. The summed E-state index contributed by atoms with van der Waals surface area (Å²) < 4.78 is 44.2. The molecule has 0 bridgehead atoms. The molecule has 1 saturated heterocycles. The van der Waals surface area contributed by atoms with Crippen LogP contribution in [-0.4, -0.2) is 70.2 Å². The molecule has 7 nitrogen and oxygen atoms in total. The van der Waals surface area contributed by atoms with Gasteiger partial charge >= 0.3 is 6.18 Å². The Labute approximate surface area is 190 Å². The molecule has 0 saturated carbocycles. The second-order valence-electron chi connectivity index (χ2n) is 7.87. The number of alkyl halides is 3. The van der Waals surface area contributed by atoms with Crippen molar-refractivity contribution in [1.29, 1.82) is 0 Å². The van der Waals surface area contributed by atoms with Crippen LogP contribution in [0.25, 0.3) is 0 Å². The lowest BCUT2D eigenvalue weighted by Gasteiger charge is -2.26. The van der Waals surface area contributed by atoms with Crippen LogP contribution >= 0.6 is 0 Å². The fourth-order valence-corrected chi connectivity index (χ4v) is 3.47. The van der Waals surface area contributed by atoms with Gasteiger partial charge in [0.15, 0.2) is 0 Å². The zero-order chi connectivity index (χ0) is 24.0. The zero-order valence-corrected chi connectivity index (χ0v) is 18.5. The van der Waals surface area contributed by atoms with Crippen molar-refractivity contribution in [2.75, 3.05) is 63.7 Å². The fourth-order valence-electron chi connectivity index (χ4n) is 3.47. The molecule has 0 spiro atoms. The molecule has 33 heavy (non-hydrogen) atoms. The van der Waals surface area contributed by atoms with E-state index in [1.807, 2.05) is 0 Å². The zero-order valence-electron chi connectivity index (χ0n) is 18.5. The van der Waals surface area contributed by atoms with Gasteiger partial charge < -0.3 is 20.3 Å².